The van der Waals surface area contributed by atoms with Crippen LogP contribution in [-0.2, 0) is 20.9 Å². The number of piperidine rings is 1. The predicted molar refractivity (Wildman–Crippen MR) is 102 cm³/mol. The van der Waals surface area contributed by atoms with Crippen LogP contribution in [0.1, 0.15) is 38.7 Å². The smallest absolute Gasteiger partial charge is 0.407 e. The molecule has 1 N–H and O–H groups in total. The van der Waals surface area contributed by atoms with Gasteiger partial charge in [0.15, 0.2) is 0 Å². The molecule has 0 saturated carbocycles. The van der Waals surface area contributed by atoms with Crippen molar-refractivity contribution in [3.05, 3.63) is 35.9 Å². The molecule has 7 heteroatoms. The molecule has 2 aliphatic heterocycles. The van der Waals surface area contributed by atoms with Crippen LogP contribution in [0.2, 0.25) is 0 Å². The van der Waals surface area contributed by atoms with Gasteiger partial charge in [0, 0.05) is 19.6 Å². The van der Waals surface area contributed by atoms with Gasteiger partial charge in [0.2, 0.25) is 5.91 Å². The molecule has 28 heavy (non-hydrogen) atoms. The van der Waals surface area contributed by atoms with Gasteiger partial charge in [-0.3, -0.25) is 4.79 Å². The molecule has 2 fully saturated rings. The summed E-state index contributed by atoms with van der Waals surface area (Å²) in [6.07, 6.45) is 0.908. The Morgan fingerprint density at radius 3 is 2.54 bits per heavy atom. The number of carboxylic acid groups (broad SMARTS) is 1. The van der Waals surface area contributed by atoms with Gasteiger partial charge in [-0.05, 0) is 30.7 Å². The van der Waals surface area contributed by atoms with E-state index in [1.807, 2.05) is 44.2 Å². The van der Waals surface area contributed by atoms with Crippen LogP contribution in [0.25, 0.3) is 0 Å². The second-order valence-corrected chi connectivity index (χ2v) is 8.12. The van der Waals surface area contributed by atoms with Crippen molar-refractivity contribution in [2.24, 2.45) is 11.3 Å². The highest BCUT2D eigenvalue weighted by Crippen LogP contribution is 2.41. The molecule has 0 bridgehead atoms. The van der Waals surface area contributed by atoms with Gasteiger partial charge < -0.3 is 19.6 Å². The molecular formula is C21H28N2O5. The molecule has 1 aromatic rings. The van der Waals surface area contributed by atoms with Crippen LogP contribution in [0.4, 0.5) is 4.79 Å². The number of benzene rings is 1. The molecule has 1 aromatic carbocycles. The highest BCUT2D eigenvalue weighted by Gasteiger charge is 2.52. The summed E-state index contributed by atoms with van der Waals surface area (Å²) in [4.78, 5) is 40.4. The Morgan fingerprint density at radius 1 is 1.18 bits per heavy atom. The van der Waals surface area contributed by atoms with E-state index in [1.165, 1.54) is 4.90 Å². The van der Waals surface area contributed by atoms with E-state index in [2.05, 4.69) is 0 Å². The molecular weight excluding hydrogens is 360 g/mol. The van der Waals surface area contributed by atoms with Gasteiger partial charge in [0.25, 0.3) is 0 Å². The number of esters is 1. The van der Waals surface area contributed by atoms with E-state index in [-0.39, 0.29) is 25.0 Å². The molecule has 3 rings (SSSR count). The van der Waals surface area contributed by atoms with E-state index >= 15 is 0 Å². The molecule has 0 radical (unpaired) electrons. The fraction of sp³-hybridized carbons (Fsp3) is 0.571. The van der Waals surface area contributed by atoms with E-state index in [0.717, 1.165) is 5.56 Å². The number of rotatable bonds is 5. The summed E-state index contributed by atoms with van der Waals surface area (Å²) in [6, 6.07) is 8.78. The fourth-order valence-electron chi connectivity index (χ4n) is 4.36. The van der Waals surface area contributed by atoms with E-state index in [0.29, 0.717) is 32.4 Å². The number of hydrogen-bond donors (Lipinski definition) is 1. The number of likely N-dealkylation sites (tertiary alicyclic amines) is 2. The first-order valence-corrected chi connectivity index (χ1v) is 9.83. The maximum Gasteiger partial charge on any atom is 0.407 e. The van der Waals surface area contributed by atoms with Crippen molar-refractivity contribution in [3.63, 3.8) is 0 Å². The van der Waals surface area contributed by atoms with E-state index < -0.39 is 23.5 Å². The SMILES string of the molecule is CC(C)C(C(=O)OCc1ccccc1)N1CCC2(CCCN(C(=O)O)C2)C1=O. The number of nitrogens with zero attached hydrogens (tertiary/aromatic N) is 2. The summed E-state index contributed by atoms with van der Waals surface area (Å²) in [7, 11) is 0. The number of carbonyl (C=O) groups is 3. The second-order valence-electron chi connectivity index (χ2n) is 8.12. The number of hydrogen-bond acceptors (Lipinski definition) is 4. The van der Waals surface area contributed by atoms with Crippen LogP contribution < -0.4 is 0 Å². The number of ether oxygens (including phenoxy) is 1. The van der Waals surface area contributed by atoms with Gasteiger partial charge in [-0.25, -0.2) is 9.59 Å². The van der Waals surface area contributed by atoms with Crippen molar-refractivity contribution in [2.45, 2.75) is 45.8 Å². The molecule has 7 nitrogen and oxygen atoms in total. The summed E-state index contributed by atoms with van der Waals surface area (Å²) in [5, 5.41) is 9.32. The maximum atomic E-state index is 13.3. The minimum Gasteiger partial charge on any atom is -0.465 e. The Kier molecular flexibility index (Phi) is 5.91. The average Bonchev–Trinajstić information content (AvgIpc) is 2.97. The topological polar surface area (TPSA) is 87.2 Å². The van der Waals surface area contributed by atoms with Gasteiger partial charge in [0.1, 0.15) is 12.6 Å². The molecule has 2 saturated heterocycles. The predicted octanol–water partition coefficient (Wildman–Crippen LogP) is 2.75. The molecule has 2 heterocycles. The van der Waals surface area contributed by atoms with Crippen molar-refractivity contribution < 1.29 is 24.2 Å². The normalized spacial score (nSPS) is 23.3. The summed E-state index contributed by atoms with van der Waals surface area (Å²) in [5.74, 6) is -0.620. The van der Waals surface area contributed by atoms with Crippen molar-refractivity contribution >= 4 is 18.0 Å². The minimum atomic E-state index is -0.993. The van der Waals surface area contributed by atoms with Crippen LogP contribution in [-0.4, -0.2) is 58.6 Å². The molecule has 0 aliphatic carbocycles. The Hall–Kier alpha value is -2.57. The van der Waals surface area contributed by atoms with Gasteiger partial charge in [-0.2, -0.15) is 0 Å². The van der Waals surface area contributed by atoms with Crippen LogP contribution in [0.3, 0.4) is 0 Å². The summed E-state index contributed by atoms with van der Waals surface area (Å²) in [6.45, 7) is 5.09. The second kappa shape index (κ2) is 8.20. The number of carbonyl (C=O) groups excluding carboxylic acids is 2. The highest BCUT2D eigenvalue weighted by atomic mass is 16.5. The molecule has 1 spiro atoms. The molecule has 2 atom stereocenters. The minimum absolute atomic E-state index is 0.0958. The molecule has 152 valence electrons. The Balaban J connectivity index is 1.71. The van der Waals surface area contributed by atoms with Gasteiger partial charge in [-0.1, -0.05) is 44.2 Å². The third-order valence-electron chi connectivity index (χ3n) is 5.83. The standard InChI is InChI=1S/C21H28N2O5/c1-15(2)17(18(24)28-13-16-7-4-3-5-8-16)23-12-10-21(19(23)25)9-6-11-22(14-21)20(26)27/h3-5,7-8,15,17H,6,9-14H2,1-2H3,(H,26,27). The highest BCUT2D eigenvalue weighted by molar-refractivity contribution is 5.90. The molecule has 0 aromatic heterocycles. The first kappa shape index (κ1) is 20.2. The molecule has 2 unspecified atom stereocenters. The lowest BCUT2D eigenvalue weighted by molar-refractivity contribution is -0.159. The maximum absolute atomic E-state index is 13.3. The fourth-order valence-corrected chi connectivity index (χ4v) is 4.36. The van der Waals surface area contributed by atoms with E-state index in [1.54, 1.807) is 4.90 Å². The lowest BCUT2D eigenvalue weighted by Crippen LogP contribution is -2.53. The Labute approximate surface area is 165 Å². The van der Waals surface area contributed by atoms with Crippen molar-refractivity contribution in [2.75, 3.05) is 19.6 Å². The lowest BCUT2D eigenvalue weighted by atomic mass is 9.78. The lowest BCUT2D eigenvalue weighted by Gasteiger charge is -2.38. The van der Waals surface area contributed by atoms with Crippen LogP contribution in [0.5, 0.6) is 0 Å². The zero-order valence-electron chi connectivity index (χ0n) is 16.5. The first-order valence-electron chi connectivity index (χ1n) is 9.83. The quantitative estimate of drug-likeness (QED) is 0.784. The summed E-state index contributed by atoms with van der Waals surface area (Å²) < 4.78 is 5.51. The Bertz CT molecular complexity index is 736. The zero-order valence-corrected chi connectivity index (χ0v) is 16.5. The van der Waals surface area contributed by atoms with Crippen molar-refractivity contribution in [1.82, 2.24) is 9.80 Å². The largest absolute Gasteiger partial charge is 0.465 e. The summed E-state index contributed by atoms with van der Waals surface area (Å²) in [5.41, 5.74) is 0.190. The van der Waals surface area contributed by atoms with E-state index in [9.17, 15) is 19.5 Å². The van der Waals surface area contributed by atoms with E-state index in [4.69, 9.17) is 4.74 Å². The van der Waals surface area contributed by atoms with Crippen molar-refractivity contribution in [3.8, 4) is 0 Å². The van der Waals surface area contributed by atoms with Crippen LogP contribution >= 0.6 is 0 Å². The first-order chi connectivity index (χ1) is 13.3. The van der Waals surface area contributed by atoms with Gasteiger partial charge in [0.05, 0.1) is 5.41 Å². The van der Waals surface area contributed by atoms with Crippen LogP contribution in [0.15, 0.2) is 30.3 Å². The van der Waals surface area contributed by atoms with Gasteiger partial charge >= 0.3 is 12.1 Å². The number of amides is 2. The van der Waals surface area contributed by atoms with Gasteiger partial charge in [-0.15, -0.1) is 0 Å². The van der Waals surface area contributed by atoms with Crippen molar-refractivity contribution in [1.29, 1.82) is 0 Å². The monoisotopic (exact) mass is 388 g/mol. The van der Waals surface area contributed by atoms with Crippen LogP contribution in [0, 0.1) is 11.3 Å². The zero-order chi connectivity index (χ0) is 20.3. The molecule has 2 aliphatic rings. The average molecular weight is 388 g/mol. The molecule has 2 amide bonds. The summed E-state index contributed by atoms with van der Waals surface area (Å²) >= 11 is 0. The Morgan fingerprint density at radius 2 is 1.89 bits per heavy atom. The third kappa shape index (κ3) is 3.98. The third-order valence-corrected chi connectivity index (χ3v) is 5.83.